The maximum absolute atomic E-state index is 12.1. The van der Waals surface area contributed by atoms with Gasteiger partial charge in [-0.15, -0.1) is 11.6 Å². The topological polar surface area (TPSA) is 29.1 Å². The Balaban J connectivity index is 2.75. The zero-order valence-electron chi connectivity index (χ0n) is 11.1. The lowest BCUT2D eigenvalue weighted by molar-refractivity contribution is 0.0931. The Labute approximate surface area is 133 Å². The van der Waals surface area contributed by atoms with Crippen LogP contribution in [0.2, 0.25) is 5.02 Å². The molecule has 0 saturated heterocycles. The summed E-state index contributed by atoms with van der Waals surface area (Å²) < 4.78 is 0.696. The number of hydrogen-bond acceptors (Lipinski definition) is 1. The van der Waals surface area contributed by atoms with Gasteiger partial charge in [-0.25, -0.2) is 0 Å². The molecule has 0 aromatic heterocycles. The normalized spacial score (nSPS) is 11.4. The standard InChI is InChI=1S/C14H18BrCl2NO/c1-3-14(4-2,8-16)9-18-13(19)11-6-5-10(17)7-12(11)15/h5-7H,3-4,8-9H2,1-2H3,(H,18,19). The van der Waals surface area contributed by atoms with Gasteiger partial charge < -0.3 is 5.32 Å². The fourth-order valence-electron chi connectivity index (χ4n) is 1.77. The van der Waals surface area contributed by atoms with E-state index in [2.05, 4.69) is 35.1 Å². The first-order chi connectivity index (χ1) is 8.98. The van der Waals surface area contributed by atoms with Crippen LogP contribution in [0.3, 0.4) is 0 Å². The summed E-state index contributed by atoms with van der Waals surface area (Å²) in [5, 5.41) is 3.55. The van der Waals surface area contributed by atoms with Gasteiger partial charge in [0.2, 0.25) is 0 Å². The van der Waals surface area contributed by atoms with Gasteiger partial charge in [0.15, 0.2) is 0 Å². The maximum atomic E-state index is 12.1. The highest BCUT2D eigenvalue weighted by atomic mass is 79.9. The van der Waals surface area contributed by atoms with E-state index in [4.69, 9.17) is 23.2 Å². The molecule has 5 heteroatoms. The Morgan fingerprint density at radius 3 is 2.47 bits per heavy atom. The van der Waals surface area contributed by atoms with Crippen molar-refractivity contribution < 1.29 is 4.79 Å². The SMILES string of the molecule is CCC(CC)(CCl)CNC(=O)c1ccc(Cl)cc1Br. The van der Waals surface area contributed by atoms with Crippen molar-refractivity contribution in [2.45, 2.75) is 26.7 Å². The smallest absolute Gasteiger partial charge is 0.252 e. The minimum atomic E-state index is -0.111. The Morgan fingerprint density at radius 2 is 2.00 bits per heavy atom. The first-order valence-electron chi connectivity index (χ1n) is 6.27. The van der Waals surface area contributed by atoms with Crippen molar-refractivity contribution in [3.05, 3.63) is 33.3 Å². The van der Waals surface area contributed by atoms with Gasteiger partial charge in [-0.1, -0.05) is 25.4 Å². The number of carbonyl (C=O) groups is 1. The average molecular weight is 367 g/mol. The van der Waals surface area contributed by atoms with Gasteiger partial charge in [-0.05, 0) is 47.0 Å². The van der Waals surface area contributed by atoms with Gasteiger partial charge in [-0.3, -0.25) is 4.79 Å². The predicted octanol–water partition coefficient (Wildman–Crippen LogP) is 4.88. The molecule has 0 bridgehead atoms. The number of halogens is 3. The number of rotatable bonds is 6. The number of carbonyl (C=O) groups excluding carboxylic acids is 1. The fourth-order valence-corrected chi connectivity index (χ4v) is 3.11. The molecule has 1 N–H and O–H groups in total. The van der Waals surface area contributed by atoms with Crippen molar-refractivity contribution in [1.29, 1.82) is 0 Å². The third-order valence-corrected chi connectivity index (χ3v) is 5.04. The monoisotopic (exact) mass is 365 g/mol. The third kappa shape index (κ3) is 4.37. The minimum absolute atomic E-state index is 0.0316. The molecule has 1 rings (SSSR count). The summed E-state index contributed by atoms with van der Waals surface area (Å²) in [4.78, 5) is 12.1. The third-order valence-electron chi connectivity index (χ3n) is 3.58. The Hall–Kier alpha value is -0.250. The number of hydrogen-bond donors (Lipinski definition) is 1. The fraction of sp³-hybridized carbons (Fsp3) is 0.500. The molecule has 0 atom stereocenters. The molecule has 0 fully saturated rings. The van der Waals surface area contributed by atoms with Crippen LogP contribution >= 0.6 is 39.1 Å². The summed E-state index contributed by atoms with van der Waals surface area (Å²) in [6.45, 7) is 4.77. The molecule has 1 aromatic carbocycles. The Morgan fingerprint density at radius 1 is 1.37 bits per heavy atom. The van der Waals surface area contributed by atoms with Gasteiger partial charge in [0.25, 0.3) is 5.91 Å². The average Bonchev–Trinajstić information content (AvgIpc) is 2.40. The molecular weight excluding hydrogens is 349 g/mol. The zero-order valence-corrected chi connectivity index (χ0v) is 14.2. The first-order valence-corrected chi connectivity index (χ1v) is 7.97. The van der Waals surface area contributed by atoms with Gasteiger partial charge in [0, 0.05) is 27.3 Å². The van der Waals surface area contributed by atoms with Crippen molar-refractivity contribution in [3.8, 4) is 0 Å². The summed E-state index contributed by atoms with van der Waals surface area (Å²) in [5.74, 6) is 0.433. The van der Waals surface area contributed by atoms with Crippen LogP contribution in [-0.2, 0) is 0 Å². The molecule has 0 unspecified atom stereocenters. The van der Waals surface area contributed by atoms with Gasteiger partial charge >= 0.3 is 0 Å². The Bertz CT molecular complexity index is 439. The van der Waals surface area contributed by atoms with E-state index in [1.54, 1.807) is 18.2 Å². The van der Waals surface area contributed by atoms with Crippen molar-refractivity contribution in [2.24, 2.45) is 5.41 Å². The summed E-state index contributed by atoms with van der Waals surface area (Å²) in [6.07, 6.45) is 1.88. The number of amides is 1. The second kappa shape index (κ2) is 7.51. The number of benzene rings is 1. The van der Waals surface area contributed by atoms with E-state index in [1.165, 1.54) is 0 Å². The van der Waals surface area contributed by atoms with Crippen LogP contribution < -0.4 is 5.32 Å². The highest BCUT2D eigenvalue weighted by Crippen LogP contribution is 2.27. The molecule has 2 nitrogen and oxygen atoms in total. The lowest BCUT2D eigenvalue weighted by Gasteiger charge is -2.29. The first kappa shape index (κ1) is 16.8. The second-order valence-corrected chi connectivity index (χ2v) is 6.21. The lowest BCUT2D eigenvalue weighted by atomic mass is 9.84. The number of nitrogens with one attached hydrogen (secondary N) is 1. The van der Waals surface area contributed by atoms with Gasteiger partial charge in [0.05, 0.1) is 5.56 Å². The van der Waals surface area contributed by atoms with E-state index in [0.717, 1.165) is 12.8 Å². The van der Waals surface area contributed by atoms with E-state index in [-0.39, 0.29) is 11.3 Å². The molecule has 0 heterocycles. The quantitative estimate of drug-likeness (QED) is 0.714. The Kier molecular flexibility index (Phi) is 6.64. The van der Waals surface area contributed by atoms with Crippen LogP contribution in [0.25, 0.3) is 0 Å². The molecule has 0 radical (unpaired) electrons. The van der Waals surface area contributed by atoms with Crippen LogP contribution in [0.4, 0.5) is 0 Å². The van der Waals surface area contributed by atoms with E-state index in [0.29, 0.717) is 27.5 Å². The van der Waals surface area contributed by atoms with Crippen molar-refractivity contribution >= 4 is 45.0 Å². The van der Waals surface area contributed by atoms with Crippen molar-refractivity contribution in [3.63, 3.8) is 0 Å². The summed E-state index contributed by atoms with van der Waals surface area (Å²) >= 11 is 15.2. The maximum Gasteiger partial charge on any atom is 0.252 e. The highest BCUT2D eigenvalue weighted by Gasteiger charge is 2.26. The van der Waals surface area contributed by atoms with Gasteiger partial charge in [0.1, 0.15) is 0 Å². The molecule has 0 aliphatic heterocycles. The zero-order chi connectivity index (χ0) is 14.5. The van der Waals surface area contributed by atoms with Crippen LogP contribution in [0.15, 0.2) is 22.7 Å². The van der Waals surface area contributed by atoms with Crippen molar-refractivity contribution in [1.82, 2.24) is 5.32 Å². The second-order valence-electron chi connectivity index (χ2n) is 4.65. The van der Waals surface area contributed by atoms with Crippen LogP contribution in [0.1, 0.15) is 37.0 Å². The van der Waals surface area contributed by atoms with E-state index in [1.807, 2.05) is 0 Å². The molecule has 19 heavy (non-hydrogen) atoms. The largest absolute Gasteiger partial charge is 0.351 e. The molecular formula is C14H18BrCl2NO. The molecule has 0 aliphatic carbocycles. The van der Waals surface area contributed by atoms with Crippen LogP contribution in [0, 0.1) is 5.41 Å². The van der Waals surface area contributed by atoms with E-state index < -0.39 is 0 Å². The molecule has 0 aliphatic rings. The highest BCUT2D eigenvalue weighted by molar-refractivity contribution is 9.10. The summed E-state index contributed by atoms with van der Waals surface area (Å²) in [6, 6.07) is 5.13. The minimum Gasteiger partial charge on any atom is -0.351 e. The molecule has 0 spiro atoms. The van der Waals surface area contributed by atoms with Gasteiger partial charge in [-0.2, -0.15) is 0 Å². The van der Waals surface area contributed by atoms with E-state index >= 15 is 0 Å². The summed E-state index contributed by atoms with van der Waals surface area (Å²) in [5.41, 5.74) is 0.552. The lowest BCUT2D eigenvalue weighted by Crippen LogP contribution is -2.38. The molecule has 106 valence electrons. The molecule has 1 amide bonds. The van der Waals surface area contributed by atoms with Crippen LogP contribution in [0.5, 0.6) is 0 Å². The predicted molar refractivity (Wildman–Crippen MR) is 85.2 cm³/mol. The molecule has 1 aromatic rings. The van der Waals surface area contributed by atoms with Crippen LogP contribution in [-0.4, -0.2) is 18.3 Å². The molecule has 0 saturated carbocycles. The summed E-state index contributed by atoms with van der Waals surface area (Å²) in [7, 11) is 0. The van der Waals surface area contributed by atoms with Crippen molar-refractivity contribution in [2.75, 3.05) is 12.4 Å². The number of alkyl halides is 1. The van der Waals surface area contributed by atoms with E-state index in [9.17, 15) is 4.79 Å².